The minimum absolute atomic E-state index is 0.0705. The first kappa shape index (κ1) is 15.8. The highest BCUT2D eigenvalue weighted by Crippen LogP contribution is 2.29. The molecule has 0 saturated heterocycles. The normalized spacial score (nSPS) is 11.3. The largest absolute Gasteiger partial charge is 0.289 e. The molecule has 0 radical (unpaired) electrons. The van der Waals surface area contributed by atoms with E-state index in [1.165, 1.54) is 12.1 Å². The molecule has 0 spiro atoms. The predicted molar refractivity (Wildman–Crippen MR) is 80.9 cm³/mol. The molecule has 0 bridgehead atoms. The molecule has 0 amide bonds. The summed E-state index contributed by atoms with van der Waals surface area (Å²) in [5.41, 5.74) is -0.508. The third-order valence-corrected chi connectivity index (χ3v) is 5.37. The van der Waals surface area contributed by atoms with Crippen LogP contribution < -0.4 is 4.72 Å². The van der Waals surface area contributed by atoms with Gasteiger partial charge in [0.1, 0.15) is 5.01 Å². The molecule has 1 aromatic carbocycles. The van der Waals surface area contributed by atoms with Crippen molar-refractivity contribution in [3.8, 4) is 0 Å². The Kier molecular flexibility index (Phi) is 4.54. The lowest BCUT2D eigenvalue weighted by Crippen LogP contribution is -2.14. The molecule has 0 aliphatic rings. The minimum Gasteiger partial charge on any atom is -0.258 e. The van der Waals surface area contributed by atoms with Crippen LogP contribution in [0.5, 0.6) is 0 Å². The molecular formula is C10H9BrN4O4S2. The number of benzene rings is 1. The van der Waals surface area contributed by atoms with Gasteiger partial charge in [0.2, 0.25) is 5.13 Å². The number of nitrogens with one attached hydrogen (secondary N) is 1. The van der Waals surface area contributed by atoms with E-state index in [9.17, 15) is 18.5 Å². The second-order valence-electron chi connectivity index (χ2n) is 3.83. The average molecular weight is 393 g/mol. The summed E-state index contributed by atoms with van der Waals surface area (Å²) in [4.78, 5) is 9.77. The standard InChI is InChI=1S/C10H9BrN4O4S2/c1-2-9-12-13-10(20-9)14-21(18,19)8-5-6(11)3-4-7(8)15(16)17/h3-5H,2H2,1H3,(H,13,14). The molecule has 0 aliphatic carbocycles. The zero-order chi connectivity index (χ0) is 15.6. The summed E-state index contributed by atoms with van der Waals surface area (Å²) in [6, 6.07) is 3.69. The lowest BCUT2D eigenvalue weighted by atomic mass is 10.3. The summed E-state index contributed by atoms with van der Waals surface area (Å²) in [6.45, 7) is 1.86. The van der Waals surface area contributed by atoms with Crippen molar-refractivity contribution in [2.45, 2.75) is 18.2 Å². The first-order valence-electron chi connectivity index (χ1n) is 5.62. The highest BCUT2D eigenvalue weighted by atomic mass is 79.9. The summed E-state index contributed by atoms with van der Waals surface area (Å²) in [6.07, 6.45) is 0.621. The van der Waals surface area contributed by atoms with Gasteiger partial charge in [-0.1, -0.05) is 34.2 Å². The average Bonchev–Trinajstić information content (AvgIpc) is 2.85. The number of hydrogen-bond donors (Lipinski definition) is 1. The van der Waals surface area contributed by atoms with Crippen molar-refractivity contribution in [3.63, 3.8) is 0 Å². The fraction of sp³-hybridized carbons (Fsp3) is 0.200. The molecule has 1 aromatic heterocycles. The first-order chi connectivity index (χ1) is 9.83. The Labute approximate surface area is 132 Å². The zero-order valence-electron chi connectivity index (χ0n) is 10.6. The van der Waals surface area contributed by atoms with Crippen LogP contribution in [0.3, 0.4) is 0 Å². The topological polar surface area (TPSA) is 115 Å². The number of nitrogens with zero attached hydrogens (tertiary/aromatic N) is 3. The molecule has 1 N–H and O–H groups in total. The summed E-state index contributed by atoms with van der Waals surface area (Å²) in [5.74, 6) is 0. The number of aromatic nitrogens is 2. The summed E-state index contributed by atoms with van der Waals surface area (Å²) >= 11 is 4.18. The third kappa shape index (κ3) is 3.54. The van der Waals surface area contributed by atoms with Crippen LogP contribution >= 0.6 is 27.3 Å². The predicted octanol–water partition coefficient (Wildman–Crippen LogP) is 2.57. The van der Waals surface area contributed by atoms with Gasteiger partial charge in [-0.3, -0.25) is 14.8 Å². The van der Waals surface area contributed by atoms with Crippen LogP contribution in [-0.2, 0) is 16.4 Å². The van der Waals surface area contributed by atoms with Crippen LogP contribution in [-0.4, -0.2) is 23.5 Å². The van der Waals surface area contributed by atoms with Crippen molar-refractivity contribution in [3.05, 3.63) is 37.8 Å². The molecule has 0 aliphatic heterocycles. The van der Waals surface area contributed by atoms with Crippen LogP contribution in [0.15, 0.2) is 27.6 Å². The molecule has 1 heterocycles. The van der Waals surface area contributed by atoms with Crippen LogP contribution in [0.4, 0.5) is 10.8 Å². The van der Waals surface area contributed by atoms with E-state index < -0.39 is 25.5 Å². The fourth-order valence-electron chi connectivity index (χ4n) is 1.46. The molecule has 11 heteroatoms. The Morgan fingerprint density at radius 2 is 2.14 bits per heavy atom. The molecule has 0 fully saturated rings. The van der Waals surface area contributed by atoms with Gasteiger partial charge in [0.25, 0.3) is 15.7 Å². The zero-order valence-corrected chi connectivity index (χ0v) is 13.8. The number of rotatable bonds is 5. The van der Waals surface area contributed by atoms with Gasteiger partial charge in [-0.2, -0.15) is 0 Å². The summed E-state index contributed by atoms with van der Waals surface area (Å²) in [5, 5.41) is 19.2. The van der Waals surface area contributed by atoms with Crippen molar-refractivity contribution in [2.24, 2.45) is 0 Å². The lowest BCUT2D eigenvalue weighted by Gasteiger charge is -2.05. The number of nitro groups is 1. The fourth-order valence-corrected chi connectivity index (χ4v) is 4.08. The highest BCUT2D eigenvalue weighted by Gasteiger charge is 2.27. The Bertz CT molecular complexity index is 790. The van der Waals surface area contributed by atoms with Gasteiger partial charge in [0.05, 0.1) is 4.92 Å². The van der Waals surface area contributed by atoms with Gasteiger partial charge < -0.3 is 0 Å². The quantitative estimate of drug-likeness (QED) is 0.617. The van der Waals surface area contributed by atoms with E-state index in [0.29, 0.717) is 15.9 Å². The monoisotopic (exact) mass is 392 g/mol. The maximum atomic E-state index is 12.3. The first-order valence-corrected chi connectivity index (χ1v) is 8.72. The second-order valence-corrected chi connectivity index (χ2v) is 7.46. The smallest absolute Gasteiger partial charge is 0.258 e. The Hall–Kier alpha value is -1.59. The Morgan fingerprint density at radius 1 is 1.43 bits per heavy atom. The van der Waals surface area contributed by atoms with Gasteiger partial charge in [0.15, 0.2) is 4.90 Å². The van der Waals surface area contributed by atoms with E-state index in [-0.39, 0.29) is 5.13 Å². The SMILES string of the molecule is CCc1nnc(NS(=O)(=O)c2cc(Br)ccc2[N+](=O)[O-])s1. The van der Waals surface area contributed by atoms with Crippen LogP contribution in [0.25, 0.3) is 0 Å². The molecule has 0 unspecified atom stereocenters. The van der Waals surface area contributed by atoms with Crippen molar-refractivity contribution >= 4 is 48.1 Å². The molecule has 112 valence electrons. The number of aryl methyl sites for hydroxylation is 1. The van der Waals surface area contributed by atoms with Gasteiger partial charge in [0, 0.05) is 10.5 Å². The van der Waals surface area contributed by atoms with E-state index in [1.807, 2.05) is 6.92 Å². The van der Waals surface area contributed by atoms with Crippen LogP contribution in [0.1, 0.15) is 11.9 Å². The maximum Gasteiger partial charge on any atom is 0.289 e. The Balaban J connectivity index is 2.43. The van der Waals surface area contributed by atoms with Crippen LogP contribution in [0.2, 0.25) is 0 Å². The van der Waals surface area contributed by atoms with Crippen molar-refractivity contribution in [1.29, 1.82) is 0 Å². The Morgan fingerprint density at radius 3 is 2.71 bits per heavy atom. The molecule has 0 atom stereocenters. The number of halogens is 1. The maximum absolute atomic E-state index is 12.3. The van der Waals surface area contributed by atoms with E-state index in [0.717, 1.165) is 17.4 Å². The van der Waals surface area contributed by atoms with Gasteiger partial charge >= 0.3 is 0 Å². The van der Waals surface area contributed by atoms with Crippen molar-refractivity contribution in [1.82, 2.24) is 10.2 Å². The minimum atomic E-state index is -4.12. The molecule has 8 nitrogen and oxygen atoms in total. The van der Waals surface area contributed by atoms with E-state index in [1.54, 1.807) is 0 Å². The molecule has 0 saturated carbocycles. The van der Waals surface area contributed by atoms with E-state index >= 15 is 0 Å². The van der Waals surface area contributed by atoms with E-state index in [4.69, 9.17) is 0 Å². The molecule has 2 aromatic rings. The lowest BCUT2D eigenvalue weighted by molar-refractivity contribution is -0.387. The third-order valence-electron chi connectivity index (χ3n) is 2.40. The number of nitro benzene ring substituents is 1. The van der Waals surface area contributed by atoms with Gasteiger partial charge in [-0.05, 0) is 18.6 Å². The molecule has 21 heavy (non-hydrogen) atoms. The summed E-state index contributed by atoms with van der Waals surface area (Å²) < 4.78 is 27.2. The molecule has 2 rings (SSSR count). The van der Waals surface area contributed by atoms with Gasteiger partial charge in [-0.15, -0.1) is 10.2 Å². The summed E-state index contributed by atoms with van der Waals surface area (Å²) in [7, 11) is -4.12. The van der Waals surface area contributed by atoms with Crippen LogP contribution in [0, 0.1) is 10.1 Å². The van der Waals surface area contributed by atoms with Crippen molar-refractivity contribution < 1.29 is 13.3 Å². The molecular weight excluding hydrogens is 384 g/mol. The number of sulfonamides is 1. The number of hydrogen-bond acceptors (Lipinski definition) is 7. The number of anilines is 1. The second kappa shape index (κ2) is 6.03. The van der Waals surface area contributed by atoms with Crippen molar-refractivity contribution in [2.75, 3.05) is 4.72 Å². The van der Waals surface area contributed by atoms with E-state index in [2.05, 4.69) is 30.8 Å². The highest BCUT2D eigenvalue weighted by molar-refractivity contribution is 9.10. The van der Waals surface area contributed by atoms with Gasteiger partial charge in [-0.25, -0.2) is 8.42 Å².